The van der Waals surface area contributed by atoms with Crippen LogP contribution in [0.5, 0.6) is 0 Å². The molecule has 0 amide bonds. The van der Waals surface area contributed by atoms with Gasteiger partial charge in [0, 0.05) is 32.4 Å². The molecule has 0 bridgehead atoms. The summed E-state index contributed by atoms with van der Waals surface area (Å²) in [6.07, 6.45) is 2.08. The highest BCUT2D eigenvalue weighted by Gasteiger charge is 2.10. The van der Waals surface area contributed by atoms with Gasteiger partial charge in [-0.15, -0.1) is 0 Å². The molecule has 4 nitrogen and oxygen atoms in total. The molecule has 0 aliphatic rings. The second-order valence-electron chi connectivity index (χ2n) is 3.34. The molecule has 2 N–H and O–H groups in total. The van der Waals surface area contributed by atoms with Gasteiger partial charge in [-0.1, -0.05) is 0 Å². The zero-order chi connectivity index (χ0) is 10.6. The molecule has 4 heteroatoms. The second-order valence-corrected chi connectivity index (χ2v) is 3.34. The Kier molecular flexibility index (Phi) is 3.95. The maximum absolute atomic E-state index is 5.56. The Balaban J connectivity index is 2.89. The molecule has 0 aromatic carbocycles. The van der Waals surface area contributed by atoms with Gasteiger partial charge in [-0.25, -0.2) is 4.98 Å². The number of imidazole rings is 1. The maximum atomic E-state index is 5.56. The minimum atomic E-state index is 0.670. The summed E-state index contributed by atoms with van der Waals surface area (Å²) in [4.78, 5) is 6.71. The Morgan fingerprint density at radius 3 is 2.71 bits per heavy atom. The quantitative estimate of drug-likeness (QED) is 0.764. The lowest BCUT2D eigenvalue weighted by atomic mass is 10.5. The van der Waals surface area contributed by atoms with Gasteiger partial charge in [-0.05, 0) is 20.8 Å². The fourth-order valence-electron chi connectivity index (χ4n) is 1.57. The van der Waals surface area contributed by atoms with Gasteiger partial charge in [0.15, 0.2) is 0 Å². The van der Waals surface area contributed by atoms with Crippen LogP contribution in [0, 0.1) is 6.92 Å². The van der Waals surface area contributed by atoms with Gasteiger partial charge in [0.05, 0.1) is 5.69 Å². The molecule has 1 rings (SSSR count). The van der Waals surface area contributed by atoms with Gasteiger partial charge in [0.1, 0.15) is 0 Å². The van der Waals surface area contributed by atoms with Crippen LogP contribution in [-0.4, -0.2) is 29.2 Å². The van der Waals surface area contributed by atoms with Crippen LogP contribution in [0.3, 0.4) is 0 Å². The summed E-state index contributed by atoms with van der Waals surface area (Å²) in [5.74, 6) is 1.04. The molecule has 0 aliphatic carbocycles. The molecule has 0 aliphatic heterocycles. The first-order valence-corrected chi connectivity index (χ1v) is 5.21. The minimum Gasteiger partial charge on any atom is -0.341 e. The van der Waals surface area contributed by atoms with E-state index in [1.165, 1.54) is 0 Å². The van der Waals surface area contributed by atoms with Gasteiger partial charge in [-0.3, -0.25) is 0 Å². The topological polar surface area (TPSA) is 47.1 Å². The van der Waals surface area contributed by atoms with E-state index in [2.05, 4.69) is 34.5 Å². The Morgan fingerprint density at radius 1 is 1.50 bits per heavy atom. The van der Waals surface area contributed by atoms with Crippen molar-refractivity contribution in [1.29, 1.82) is 0 Å². The third-order valence-electron chi connectivity index (χ3n) is 2.28. The van der Waals surface area contributed by atoms with E-state index >= 15 is 0 Å². The van der Waals surface area contributed by atoms with Crippen molar-refractivity contribution in [3.05, 3.63) is 11.9 Å². The molecular formula is C10H20N4. The molecule has 0 fully saturated rings. The predicted octanol–water partition coefficient (Wildman–Crippen LogP) is 0.996. The van der Waals surface area contributed by atoms with E-state index in [1.54, 1.807) is 0 Å². The Hall–Kier alpha value is -1.03. The Labute approximate surface area is 85.7 Å². The summed E-state index contributed by atoms with van der Waals surface area (Å²) in [7, 11) is 0. The van der Waals surface area contributed by atoms with E-state index in [0.29, 0.717) is 6.54 Å². The number of likely N-dealkylation sites (N-methyl/N-ethyl adjacent to an activating group) is 1. The molecule has 0 unspecified atom stereocenters. The van der Waals surface area contributed by atoms with Crippen LogP contribution >= 0.6 is 0 Å². The normalized spacial score (nSPS) is 10.6. The number of aryl methyl sites for hydroxylation is 2. The van der Waals surface area contributed by atoms with Crippen LogP contribution < -0.4 is 10.6 Å². The summed E-state index contributed by atoms with van der Waals surface area (Å²) in [5.41, 5.74) is 6.63. The Bertz CT molecular complexity index is 280. The first-order chi connectivity index (χ1) is 6.72. The smallest absolute Gasteiger partial charge is 0.205 e. The Morgan fingerprint density at radius 2 is 2.21 bits per heavy atom. The first kappa shape index (κ1) is 11.0. The summed E-state index contributed by atoms with van der Waals surface area (Å²) < 4.78 is 2.16. The molecule has 1 aromatic rings. The molecule has 80 valence electrons. The second kappa shape index (κ2) is 5.00. The van der Waals surface area contributed by atoms with E-state index in [-0.39, 0.29) is 0 Å². The molecule has 1 heterocycles. The zero-order valence-electron chi connectivity index (χ0n) is 9.32. The average molecular weight is 196 g/mol. The lowest BCUT2D eigenvalue weighted by Crippen LogP contribution is -2.31. The number of aromatic nitrogens is 2. The van der Waals surface area contributed by atoms with Crippen LogP contribution in [0.15, 0.2) is 6.20 Å². The van der Waals surface area contributed by atoms with Crippen molar-refractivity contribution in [2.45, 2.75) is 27.3 Å². The van der Waals surface area contributed by atoms with Crippen LogP contribution in [0.4, 0.5) is 5.95 Å². The van der Waals surface area contributed by atoms with Gasteiger partial charge >= 0.3 is 0 Å². The highest BCUT2D eigenvalue weighted by atomic mass is 15.3. The lowest BCUT2D eigenvalue weighted by molar-refractivity contribution is 0.701. The predicted molar refractivity (Wildman–Crippen MR) is 59.6 cm³/mol. The average Bonchev–Trinajstić information content (AvgIpc) is 2.55. The fourth-order valence-corrected chi connectivity index (χ4v) is 1.57. The molecule has 0 atom stereocenters. The number of nitrogens with two attached hydrogens (primary N) is 1. The molecule has 0 saturated carbocycles. The van der Waals surface area contributed by atoms with Crippen molar-refractivity contribution in [2.24, 2.45) is 5.73 Å². The van der Waals surface area contributed by atoms with Gasteiger partial charge in [-0.2, -0.15) is 0 Å². The van der Waals surface area contributed by atoms with Crippen molar-refractivity contribution in [1.82, 2.24) is 9.55 Å². The highest BCUT2D eigenvalue weighted by molar-refractivity contribution is 5.33. The van der Waals surface area contributed by atoms with E-state index in [1.807, 2.05) is 6.92 Å². The first-order valence-electron chi connectivity index (χ1n) is 5.21. The van der Waals surface area contributed by atoms with Crippen molar-refractivity contribution in [3.63, 3.8) is 0 Å². The fraction of sp³-hybridized carbons (Fsp3) is 0.700. The van der Waals surface area contributed by atoms with E-state index < -0.39 is 0 Å². The summed E-state index contributed by atoms with van der Waals surface area (Å²) in [5, 5.41) is 0. The van der Waals surface area contributed by atoms with Gasteiger partial charge in [0.25, 0.3) is 0 Å². The minimum absolute atomic E-state index is 0.670. The van der Waals surface area contributed by atoms with Crippen molar-refractivity contribution < 1.29 is 0 Å². The zero-order valence-corrected chi connectivity index (χ0v) is 9.32. The van der Waals surface area contributed by atoms with Crippen LogP contribution in [-0.2, 0) is 6.54 Å². The van der Waals surface area contributed by atoms with E-state index in [4.69, 9.17) is 5.73 Å². The highest BCUT2D eigenvalue weighted by Crippen LogP contribution is 2.13. The SMILES string of the molecule is CCN(CCN)c1nc(C)cn1CC. The molecule has 0 saturated heterocycles. The van der Waals surface area contributed by atoms with E-state index in [9.17, 15) is 0 Å². The number of anilines is 1. The molecule has 0 spiro atoms. The number of hydrogen-bond donors (Lipinski definition) is 1. The number of hydrogen-bond acceptors (Lipinski definition) is 3. The third-order valence-corrected chi connectivity index (χ3v) is 2.28. The van der Waals surface area contributed by atoms with Crippen LogP contribution in [0.2, 0.25) is 0 Å². The largest absolute Gasteiger partial charge is 0.341 e. The van der Waals surface area contributed by atoms with E-state index in [0.717, 1.165) is 31.3 Å². The lowest BCUT2D eigenvalue weighted by Gasteiger charge is -2.21. The number of nitrogens with zero attached hydrogens (tertiary/aromatic N) is 3. The van der Waals surface area contributed by atoms with Gasteiger partial charge in [0.2, 0.25) is 5.95 Å². The number of rotatable bonds is 5. The van der Waals surface area contributed by atoms with Crippen LogP contribution in [0.1, 0.15) is 19.5 Å². The van der Waals surface area contributed by atoms with Crippen molar-refractivity contribution in [3.8, 4) is 0 Å². The molecule has 0 radical (unpaired) electrons. The standard InChI is InChI=1S/C10H20N4/c1-4-13(7-6-11)10-12-9(3)8-14(10)5-2/h8H,4-7,11H2,1-3H3. The summed E-state index contributed by atoms with van der Waals surface area (Å²) in [6.45, 7) is 9.72. The summed E-state index contributed by atoms with van der Waals surface area (Å²) >= 11 is 0. The maximum Gasteiger partial charge on any atom is 0.205 e. The molecule has 1 aromatic heterocycles. The van der Waals surface area contributed by atoms with Crippen LogP contribution in [0.25, 0.3) is 0 Å². The summed E-state index contributed by atoms with van der Waals surface area (Å²) in [6, 6.07) is 0. The van der Waals surface area contributed by atoms with Crippen molar-refractivity contribution >= 4 is 5.95 Å². The molecular weight excluding hydrogens is 176 g/mol. The van der Waals surface area contributed by atoms with Gasteiger partial charge < -0.3 is 15.2 Å². The third kappa shape index (κ3) is 2.26. The van der Waals surface area contributed by atoms with Crippen molar-refractivity contribution in [2.75, 3.05) is 24.5 Å². The monoisotopic (exact) mass is 196 g/mol. The molecule has 14 heavy (non-hydrogen) atoms.